The Morgan fingerprint density at radius 3 is 2.50 bits per heavy atom. The van der Waals surface area contributed by atoms with Gasteiger partial charge in [0.25, 0.3) is 0 Å². The van der Waals surface area contributed by atoms with Gasteiger partial charge in [0.1, 0.15) is 5.82 Å². The number of carbonyl (C=O) groups is 2. The number of nitrogens with zero attached hydrogens (tertiary/aromatic N) is 2. The average Bonchev–Trinajstić information content (AvgIpc) is 3.39. The van der Waals surface area contributed by atoms with Crippen molar-refractivity contribution < 1.29 is 14.0 Å². The van der Waals surface area contributed by atoms with E-state index in [1.807, 2.05) is 9.80 Å². The summed E-state index contributed by atoms with van der Waals surface area (Å²) in [6.45, 7) is 5.74. The average molecular weight is 332 g/mol. The molecule has 1 aromatic rings. The topological polar surface area (TPSA) is 40.6 Å². The summed E-state index contributed by atoms with van der Waals surface area (Å²) in [5.41, 5.74) is 0.914. The predicted molar refractivity (Wildman–Crippen MR) is 89.5 cm³/mol. The molecule has 3 rings (SSSR count). The molecule has 1 saturated carbocycles. The third-order valence-corrected chi connectivity index (χ3v) is 5.00. The zero-order valence-electron chi connectivity index (χ0n) is 14.4. The first-order chi connectivity index (χ1) is 11.5. The van der Waals surface area contributed by atoms with Crippen LogP contribution in [0.1, 0.15) is 38.7 Å². The highest BCUT2D eigenvalue weighted by Gasteiger charge is 2.38. The Hall–Kier alpha value is -1.91. The van der Waals surface area contributed by atoms with Crippen molar-refractivity contribution in [1.82, 2.24) is 9.80 Å². The lowest BCUT2D eigenvalue weighted by Gasteiger charge is -2.35. The highest BCUT2D eigenvalue weighted by molar-refractivity contribution is 5.83. The standard InChI is InChI=1S/C19H25FN2O2/c1-13(2)17-12-21(19(24)15-5-6-15)10-9-18(23)22(17)11-14-3-7-16(20)8-4-14/h3-4,7-8,13,15,17H,5-6,9-12H2,1-2H3/t17-/m0/s1. The Kier molecular flexibility index (Phi) is 4.88. The molecular formula is C19H25FN2O2. The fourth-order valence-corrected chi connectivity index (χ4v) is 3.33. The Morgan fingerprint density at radius 1 is 1.25 bits per heavy atom. The summed E-state index contributed by atoms with van der Waals surface area (Å²) in [5.74, 6) is 0.433. The van der Waals surface area contributed by atoms with E-state index in [9.17, 15) is 14.0 Å². The van der Waals surface area contributed by atoms with Crippen LogP contribution in [0.5, 0.6) is 0 Å². The van der Waals surface area contributed by atoms with Gasteiger partial charge in [0.05, 0.1) is 6.04 Å². The van der Waals surface area contributed by atoms with Gasteiger partial charge in [-0.25, -0.2) is 4.39 Å². The van der Waals surface area contributed by atoms with Crippen LogP contribution in [0.2, 0.25) is 0 Å². The van der Waals surface area contributed by atoms with Gasteiger partial charge < -0.3 is 9.80 Å². The third-order valence-electron chi connectivity index (χ3n) is 5.00. The van der Waals surface area contributed by atoms with Gasteiger partial charge in [0.15, 0.2) is 0 Å². The zero-order valence-corrected chi connectivity index (χ0v) is 14.4. The van der Waals surface area contributed by atoms with Crippen molar-refractivity contribution in [3.8, 4) is 0 Å². The molecule has 2 amide bonds. The molecule has 0 radical (unpaired) electrons. The van der Waals surface area contributed by atoms with Crippen LogP contribution >= 0.6 is 0 Å². The van der Waals surface area contributed by atoms with E-state index in [1.165, 1.54) is 12.1 Å². The molecule has 0 N–H and O–H groups in total. The van der Waals surface area contributed by atoms with Crippen molar-refractivity contribution in [2.45, 2.75) is 45.7 Å². The number of halogens is 1. The van der Waals surface area contributed by atoms with E-state index in [2.05, 4.69) is 13.8 Å². The van der Waals surface area contributed by atoms with E-state index in [-0.39, 0.29) is 35.5 Å². The van der Waals surface area contributed by atoms with E-state index in [1.54, 1.807) is 12.1 Å². The Labute approximate surface area is 142 Å². The lowest BCUT2D eigenvalue weighted by Crippen LogP contribution is -2.47. The van der Waals surface area contributed by atoms with E-state index in [0.717, 1.165) is 18.4 Å². The van der Waals surface area contributed by atoms with E-state index >= 15 is 0 Å². The Bertz CT molecular complexity index is 610. The smallest absolute Gasteiger partial charge is 0.225 e. The fraction of sp³-hybridized carbons (Fsp3) is 0.579. The molecule has 1 saturated heterocycles. The summed E-state index contributed by atoms with van der Waals surface area (Å²) < 4.78 is 13.1. The summed E-state index contributed by atoms with van der Waals surface area (Å²) in [7, 11) is 0. The van der Waals surface area contributed by atoms with Crippen molar-refractivity contribution in [3.63, 3.8) is 0 Å². The number of rotatable bonds is 4. The molecule has 5 heteroatoms. The van der Waals surface area contributed by atoms with Gasteiger partial charge in [0, 0.05) is 32.0 Å². The second-order valence-electron chi connectivity index (χ2n) is 7.27. The molecule has 0 aromatic heterocycles. The maximum Gasteiger partial charge on any atom is 0.225 e. The lowest BCUT2D eigenvalue weighted by atomic mass is 10.0. The third kappa shape index (κ3) is 3.77. The number of amides is 2. The summed E-state index contributed by atoms with van der Waals surface area (Å²) in [6.07, 6.45) is 2.33. The second-order valence-corrected chi connectivity index (χ2v) is 7.27. The molecule has 0 unspecified atom stereocenters. The molecular weight excluding hydrogens is 307 g/mol. The van der Waals surface area contributed by atoms with E-state index in [0.29, 0.717) is 26.1 Å². The maximum absolute atomic E-state index is 13.1. The van der Waals surface area contributed by atoms with Crippen molar-refractivity contribution in [2.24, 2.45) is 11.8 Å². The normalized spacial score (nSPS) is 22.0. The Balaban J connectivity index is 1.78. The Morgan fingerprint density at radius 2 is 1.92 bits per heavy atom. The van der Waals surface area contributed by atoms with Crippen LogP contribution in [-0.2, 0) is 16.1 Å². The van der Waals surface area contributed by atoms with Gasteiger partial charge in [-0.1, -0.05) is 26.0 Å². The molecule has 130 valence electrons. The monoisotopic (exact) mass is 332 g/mol. The summed E-state index contributed by atoms with van der Waals surface area (Å²) in [4.78, 5) is 28.9. The zero-order chi connectivity index (χ0) is 17.3. The van der Waals surface area contributed by atoms with Gasteiger partial charge in [-0.05, 0) is 36.5 Å². The quantitative estimate of drug-likeness (QED) is 0.851. The van der Waals surface area contributed by atoms with Gasteiger partial charge in [-0.2, -0.15) is 0 Å². The largest absolute Gasteiger partial charge is 0.340 e. The molecule has 1 aliphatic heterocycles. The van der Waals surface area contributed by atoms with Gasteiger partial charge in [-0.3, -0.25) is 9.59 Å². The van der Waals surface area contributed by atoms with Crippen LogP contribution in [0.4, 0.5) is 4.39 Å². The minimum absolute atomic E-state index is 0.00671. The van der Waals surface area contributed by atoms with Crippen molar-refractivity contribution in [3.05, 3.63) is 35.6 Å². The van der Waals surface area contributed by atoms with Crippen molar-refractivity contribution in [1.29, 1.82) is 0 Å². The maximum atomic E-state index is 13.1. The molecule has 24 heavy (non-hydrogen) atoms. The second kappa shape index (κ2) is 6.91. The molecule has 0 bridgehead atoms. The summed E-state index contributed by atoms with van der Waals surface area (Å²) >= 11 is 0. The SMILES string of the molecule is CC(C)[C@@H]1CN(C(=O)C2CC2)CCC(=O)N1Cc1ccc(F)cc1. The van der Waals surface area contributed by atoms with Crippen molar-refractivity contribution >= 4 is 11.8 Å². The number of benzene rings is 1. The van der Waals surface area contributed by atoms with Crippen LogP contribution in [0, 0.1) is 17.7 Å². The van der Waals surface area contributed by atoms with Gasteiger partial charge in [0.2, 0.25) is 11.8 Å². The first kappa shape index (κ1) is 16.9. The predicted octanol–water partition coefficient (Wildman–Crippen LogP) is 2.82. The van der Waals surface area contributed by atoms with E-state index < -0.39 is 0 Å². The van der Waals surface area contributed by atoms with Gasteiger partial charge in [-0.15, -0.1) is 0 Å². The molecule has 1 aromatic carbocycles. The molecule has 0 spiro atoms. The van der Waals surface area contributed by atoms with Crippen LogP contribution in [0.3, 0.4) is 0 Å². The summed E-state index contributed by atoms with van der Waals surface area (Å²) in [5, 5.41) is 0. The lowest BCUT2D eigenvalue weighted by molar-refractivity contribution is -0.134. The number of hydrogen-bond acceptors (Lipinski definition) is 2. The van der Waals surface area contributed by atoms with Crippen molar-refractivity contribution in [2.75, 3.05) is 13.1 Å². The molecule has 1 heterocycles. The van der Waals surface area contributed by atoms with Crippen LogP contribution in [0.25, 0.3) is 0 Å². The first-order valence-electron chi connectivity index (χ1n) is 8.78. The molecule has 1 atom stereocenters. The molecule has 2 fully saturated rings. The van der Waals surface area contributed by atoms with Gasteiger partial charge >= 0.3 is 0 Å². The number of hydrogen-bond donors (Lipinski definition) is 0. The minimum Gasteiger partial charge on any atom is -0.340 e. The van der Waals surface area contributed by atoms with Crippen LogP contribution in [-0.4, -0.2) is 40.7 Å². The molecule has 1 aliphatic carbocycles. The van der Waals surface area contributed by atoms with Crippen LogP contribution in [0.15, 0.2) is 24.3 Å². The highest BCUT2D eigenvalue weighted by atomic mass is 19.1. The van der Waals surface area contributed by atoms with Crippen LogP contribution < -0.4 is 0 Å². The highest BCUT2D eigenvalue weighted by Crippen LogP contribution is 2.32. The minimum atomic E-state index is -0.275. The summed E-state index contributed by atoms with van der Waals surface area (Å²) in [6, 6.07) is 6.28. The molecule has 2 aliphatic rings. The number of carbonyl (C=O) groups excluding carboxylic acids is 2. The molecule has 4 nitrogen and oxygen atoms in total. The first-order valence-corrected chi connectivity index (χ1v) is 8.78. The van der Waals surface area contributed by atoms with E-state index in [4.69, 9.17) is 0 Å². The fourth-order valence-electron chi connectivity index (χ4n) is 3.33.